The maximum Gasteiger partial charge on any atom is 0.263 e. The summed E-state index contributed by atoms with van der Waals surface area (Å²) in [7, 11) is 0. The zero-order valence-electron chi connectivity index (χ0n) is 16.0. The molecule has 3 aromatic rings. The van der Waals surface area contributed by atoms with E-state index < -0.39 is 0 Å². The second-order valence-electron chi connectivity index (χ2n) is 6.37. The predicted octanol–water partition coefficient (Wildman–Crippen LogP) is 2.87. The van der Waals surface area contributed by atoms with Crippen molar-refractivity contribution in [3.63, 3.8) is 0 Å². The molecule has 27 heavy (non-hydrogen) atoms. The highest BCUT2D eigenvalue weighted by atomic mass is 32.2. The lowest BCUT2D eigenvalue weighted by Crippen LogP contribution is -2.27. The van der Waals surface area contributed by atoms with Gasteiger partial charge >= 0.3 is 0 Å². The molecule has 3 aromatic heterocycles. The van der Waals surface area contributed by atoms with E-state index in [0.29, 0.717) is 23.1 Å². The van der Waals surface area contributed by atoms with Gasteiger partial charge in [0, 0.05) is 12.6 Å². The lowest BCUT2D eigenvalue weighted by atomic mass is 10.3. The van der Waals surface area contributed by atoms with Crippen LogP contribution in [0, 0.1) is 13.8 Å². The third kappa shape index (κ3) is 4.38. The van der Waals surface area contributed by atoms with Crippen molar-refractivity contribution in [2.45, 2.75) is 45.4 Å². The molecule has 1 amide bonds. The first-order chi connectivity index (χ1) is 12.9. The Bertz CT molecular complexity index is 964. The standard InChI is InChI=1S/C17H23N7OS2/c1-9(2)20-14-12-8-19-24(15(12)23-17(22-14)26-5)7-6-18-16(25)13-10(3)21-11(4)27-13/h8-9H,6-7H2,1-5H3,(H,18,25)(H,20,22,23). The van der Waals surface area contributed by atoms with Crippen LogP contribution in [0.25, 0.3) is 11.0 Å². The number of carbonyl (C=O) groups is 1. The molecular formula is C17H23N7OS2. The number of hydrogen-bond acceptors (Lipinski definition) is 8. The summed E-state index contributed by atoms with van der Waals surface area (Å²) < 4.78 is 1.80. The number of nitrogens with one attached hydrogen (secondary N) is 2. The molecule has 0 saturated heterocycles. The Morgan fingerprint density at radius 3 is 2.70 bits per heavy atom. The van der Waals surface area contributed by atoms with Crippen molar-refractivity contribution in [2.75, 3.05) is 18.1 Å². The van der Waals surface area contributed by atoms with Gasteiger partial charge in [-0.05, 0) is 34.0 Å². The van der Waals surface area contributed by atoms with Crippen molar-refractivity contribution >= 4 is 45.9 Å². The Labute approximate surface area is 166 Å². The topological polar surface area (TPSA) is 97.6 Å². The fourth-order valence-corrected chi connectivity index (χ4v) is 3.87. The molecule has 2 N–H and O–H groups in total. The zero-order chi connectivity index (χ0) is 19.6. The van der Waals surface area contributed by atoms with Gasteiger partial charge in [0.25, 0.3) is 5.91 Å². The second-order valence-corrected chi connectivity index (χ2v) is 8.34. The maximum atomic E-state index is 12.3. The fraction of sp³-hybridized carbons (Fsp3) is 0.471. The van der Waals surface area contributed by atoms with Gasteiger partial charge in [-0.25, -0.2) is 19.6 Å². The maximum absolute atomic E-state index is 12.3. The van der Waals surface area contributed by atoms with E-state index in [1.807, 2.05) is 20.1 Å². The largest absolute Gasteiger partial charge is 0.367 e. The number of aryl methyl sites for hydroxylation is 2. The van der Waals surface area contributed by atoms with E-state index in [0.717, 1.165) is 27.6 Å². The van der Waals surface area contributed by atoms with E-state index in [2.05, 4.69) is 44.5 Å². The Morgan fingerprint density at radius 1 is 1.30 bits per heavy atom. The quantitative estimate of drug-likeness (QED) is 0.461. The molecule has 0 aliphatic heterocycles. The molecule has 0 unspecified atom stereocenters. The number of amides is 1. The summed E-state index contributed by atoms with van der Waals surface area (Å²) in [6.07, 6.45) is 3.71. The molecule has 8 nitrogen and oxygen atoms in total. The van der Waals surface area contributed by atoms with Gasteiger partial charge in [-0.15, -0.1) is 11.3 Å². The molecule has 0 atom stereocenters. The molecule has 0 aromatic carbocycles. The highest BCUT2D eigenvalue weighted by molar-refractivity contribution is 7.98. The zero-order valence-corrected chi connectivity index (χ0v) is 17.7. The highest BCUT2D eigenvalue weighted by Crippen LogP contribution is 2.24. The molecule has 0 aliphatic carbocycles. The smallest absolute Gasteiger partial charge is 0.263 e. The van der Waals surface area contributed by atoms with E-state index in [-0.39, 0.29) is 11.9 Å². The molecule has 0 fully saturated rings. The average molecular weight is 406 g/mol. The number of anilines is 1. The number of rotatable bonds is 7. The summed E-state index contributed by atoms with van der Waals surface area (Å²) in [6, 6.07) is 0.256. The van der Waals surface area contributed by atoms with Crippen molar-refractivity contribution in [3.8, 4) is 0 Å². The molecule has 0 spiro atoms. The monoisotopic (exact) mass is 405 g/mol. The normalized spacial score (nSPS) is 11.3. The van der Waals surface area contributed by atoms with Crippen LogP contribution in [0.2, 0.25) is 0 Å². The van der Waals surface area contributed by atoms with Gasteiger partial charge in [-0.3, -0.25) is 4.79 Å². The van der Waals surface area contributed by atoms with Crippen molar-refractivity contribution in [1.29, 1.82) is 0 Å². The minimum Gasteiger partial charge on any atom is -0.367 e. The lowest BCUT2D eigenvalue weighted by molar-refractivity contribution is 0.0955. The van der Waals surface area contributed by atoms with E-state index >= 15 is 0 Å². The number of carbonyl (C=O) groups excluding carboxylic acids is 1. The van der Waals surface area contributed by atoms with Gasteiger partial charge in [0.1, 0.15) is 10.7 Å². The number of hydrogen-bond donors (Lipinski definition) is 2. The summed E-state index contributed by atoms with van der Waals surface area (Å²) in [4.78, 5) is 26.4. The van der Waals surface area contributed by atoms with Crippen LogP contribution >= 0.6 is 23.1 Å². The molecule has 10 heteroatoms. The van der Waals surface area contributed by atoms with Crippen LogP contribution in [0.5, 0.6) is 0 Å². The van der Waals surface area contributed by atoms with Crippen LogP contribution in [0.1, 0.15) is 34.2 Å². The Hall–Kier alpha value is -2.20. The molecule has 144 valence electrons. The van der Waals surface area contributed by atoms with E-state index in [9.17, 15) is 4.79 Å². The van der Waals surface area contributed by atoms with E-state index in [1.54, 1.807) is 10.9 Å². The van der Waals surface area contributed by atoms with Crippen LogP contribution in [0.15, 0.2) is 11.4 Å². The third-order valence-corrected chi connectivity index (χ3v) is 5.42. The Kier molecular flexibility index (Phi) is 5.95. The number of thioether (sulfide) groups is 1. The average Bonchev–Trinajstić information content (AvgIpc) is 3.17. The fourth-order valence-electron chi connectivity index (χ4n) is 2.67. The molecule has 3 heterocycles. The van der Waals surface area contributed by atoms with Gasteiger partial charge in [0.05, 0.1) is 28.8 Å². The van der Waals surface area contributed by atoms with Gasteiger partial charge in [0.15, 0.2) is 10.8 Å². The summed E-state index contributed by atoms with van der Waals surface area (Å²) >= 11 is 2.90. The van der Waals surface area contributed by atoms with Crippen molar-refractivity contribution in [2.24, 2.45) is 0 Å². The first-order valence-corrected chi connectivity index (χ1v) is 10.7. The van der Waals surface area contributed by atoms with E-state index in [1.165, 1.54) is 23.1 Å². The third-order valence-electron chi connectivity index (χ3n) is 3.80. The van der Waals surface area contributed by atoms with Gasteiger partial charge in [0.2, 0.25) is 0 Å². The van der Waals surface area contributed by atoms with Gasteiger partial charge < -0.3 is 10.6 Å². The number of aromatic nitrogens is 5. The number of thiazole rings is 1. The first-order valence-electron chi connectivity index (χ1n) is 8.65. The molecule has 0 aliphatic rings. The minimum atomic E-state index is -0.101. The van der Waals surface area contributed by atoms with Crippen LogP contribution in [0.4, 0.5) is 5.82 Å². The molecule has 3 rings (SSSR count). The molecule has 0 bridgehead atoms. The second kappa shape index (κ2) is 8.22. The summed E-state index contributed by atoms with van der Waals surface area (Å²) in [5.41, 5.74) is 1.53. The van der Waals surface area contributed by atoms with Crippen molar-refractivity contribution in [3.05, 3.63) is 21.8 Å². The van der Waals surface area contributed by atoms with Crippen LogP contribution in [-0.2, 0) is 6.54 Å². The predicted molar refractivity (Wildman–Crippen MR) is 110 cm³/mol. The molecular weight excluding hydrogens is 382 g/mol. The number of nitrogens with zero attached hydrogens (tertiary/aromatic N) is 5. The summed E-state index contributed by atoms with van der Waals surface area (Å²) in [5, 5.41) is 13.2. The van der Waals surface area contributed by atoms with Crippen molar-refractivity contribution in [1.82, 2.24) is 30.0 Å². The molecule has 0 saturated carbocycles. The summed E-state index contributed by atoms with van der Waals surface area (Å²) in [5.74, 6) is 0.682. The molecule has 0 radical (unpaired) electrons. The van der Waals surface area contributed by atoms with Crippen LogP contribution in [0.3, 0.4) is 0 Å². The lowest BCUT2D eigenvalue weighted by Gasteiger charge is -2.11. The van der Waals surface area contributed by atoms with Crippen LogP contribution in [-0.4, -0.2) is 49.5 Å². The van der Waals surface area contributed by atoms with E-state index in [4.69, 9.17) is 0 Å². The highest BCUT2D eigenvalue weighted by Gasteiger charge is 2.15. The summed E-state index contributed by atoms with van der Waals surface area (Å²) in [6.45, 7) is 8.86. The Balaban J connectivity index is 1.75. The minimum absolute atomic E-state index is 0.101. The first kappa shape index (κ1) is 19.6. The Morgan fingerprint density at radius 2 is 2.07 bits per heavy atom. The van der Waals surface area contributed by atoms with Crippen LogP contribution < -0.4 is 10.6 Å². The van der Waals surface area contributed by atoms with Gasteiger partial charge in [-0.2, -0.15) is 5.10 Å². The van der Waals surface area contributed by atoms with Crippen molar-refractivity contribution < 1.29 is 4.79 Å². The van der Waals surface area contributed by atoms with Gasteiger partial charge in [-0.1, -0.05) is 11.8 Å². The SMILES string of the molecule is CSc1nc(NC(C)C)c2cnn(CCNC(=O)c3sc(C)nc3C)c2n1. The number of fused-ring (bicyclic) bond motifs is 1.